The fourth-order valence-corrected chi connectivity index (χ4v) is 3.76. The van der Waals surface area contributed by atoms with Crippen LogP contribution in [0.4, 0.5) is 0 Å². The van der Waals surface area contributed by atoms with Crippen LogP contribution in [-0.2, 0) is 24.1 Å². The maximum atomic E-state index is 12.5. The maximum absolute atomic E-state index is 12.5. The smallest absolute Gasteiger partial charge is 0.261 e. The van der Waals surface area contributed by atoms with Crippen LogP contribution in [0.5, 0.6) is 5.75 Å². The van der Waals surface area contributed by atoms with Crippen molar-refractivity contribution >= 4 is 5.91 Å². The first-order valence-electron chi connectivity index (χ1n) is 10.3. The number of nitrogens with one attached hydrogen (secondary N) is 1. The zero-order valence-corrected chi connectivity index (χ0v) is 16.6. The van der Waals surface area contributed by atoms with Crippen molar-refractivity contribution in [2.45, 2.75) is 64.9 Å². The highest BCUT2D eigenvalue weighted by Crippen LogP contribution is 2.26. The van der Waals surface area contributed by atoms with Gasteiger partial charge in [-0.2, -0.15) is 0 Å². The van der Waals surface area contributed by atoms with Crippen molar-refractivity contribution in [1.82, 2.24) is 5.32 Å². The molecular weight excluding hydrogens is 334 g/mol. The molecule has 1 N–H and O–H groups in total. The first kappa shape index (κ1) is 19.5. The number of carbonyl (C=O) groups is 1. The van der Waals surface area contributed by atoms with E-state index in [4.69, 9.17) is 4.74 Å². The molecule has 3 nitrogen and oxygen atoms in total. The molecule has 144 valence electrons. The SMILES string of the molecule is CC[C@H](Oc1ccc2c(c1)CCCC2)C(=O)NCCCc1cccc(C)c1. The third-order valence-electron chi connectivity index (χ3n) is 5.29. The molecule has 0 unspecified atom stereocenters. The predicted octanol–water partition coefficient (Wildman–Crippen LogP) is 4.78. The molecule has 1 aliphatic rings. The number of aryl methyl sites for hydroxylation is 4. The summed E-state index contributed by atoms with van der Waals surface area (Å²) in [4.78, 5) is 12.5. The zero-order chi connectivity index (χ0) is 19.1. The van der Waals surface area contributed by atoms with Gasteiger partial charge in [0, 0.05) is 6.54 Å². The Labute approximate surface area is 163 Å². The fourth-order valence-electron chi connectivity index (χ4n) is 3.76. The molecule has 0 spiro atoms. The van der Waals surface area contributed by atoms with Gasteiger partial charge in [-0.05, 0) is 80.7 Å². The molecule has 2 aromatic carbocycles. The molecule has 0 bridgehead atoms. The summed E-state index contributed by atoms with van der Waals surface area (Å²) < 4.78 is 6.01. The molecule has 0 saturated heterocycles. The Kier molecular flexibility index (Phi) is 6.92. The molecule has 1 amide bonds. The second-order valence-corrected chi connectivity index (χ2v) is 7.54. The summed E-state index contributed by atoms with van der Waals surface area (Å²) in [5.41, 5.74) is 5.41. The Balaban J connectivity index is 1.47. The van der Waals surface area contributed by atoms with E-state index >= 15 is 0 Å². The minimum absolute atomic E-state index is 0.0144. The Hall–Kier alpha value is -2.29. The van der Waals surface area contributed by atoms with Gasteiger partial charge in [-0.25, -0.2) is 0 Å². The van der Waals surface area contributed by atoms with Gasteiger partial charge in [0.2, 0.25) is 0 Å². The summed E-state index contributed by atoms with van der Waals surface area (Å²) in [6.07, 6.45) is 6.95. The molecule has 3 heteroatoms. The lowest BCUT2D eigenvalue weighted by Gasteiger charge is -2.20. The average molecular weight is 366 g/mol. The third kappa shape index (κ3) is 5.59. The summed E-state index contributed by atoms with van der Waals surface area (Å²) in [5.74, 6) is 0.803. The number of hydrogen-bond donors (Lipinski definition) is 1. The van der Waals surface area contributed by atoms with Crippen molar-refractivity contribution < 1.29 is 9.53 Å². The summed E-state index contributed by atoms with van der Waals surface area (Å²) in [6.45, 7) is 4.78. The van der Waals surface area contributed by atoms with E-state index in [2.05, 4.69) is 48.6 Å². The topological polar surface area (TPSA) is 38.3 Å². The van der Waals surface area contributed by atoms with Crippen molar-refractivity contribution in [2.75, 3.05) is 6.54 Å². The zero-order valence-electron chi connectivity index (χ0n) is 16.6. The van der Waals surface area contributed by atoms with Crippen molar-refractivity contribution in [3.8, 4) is 5.75 Å². The monoisotopic (exact) mass is 365 g/mol. The van der Waals surface area contributed by atoms with Gasteiger partial charge >= 0.3 is 0 Å². The normalized spacial score (nSPS) is 14.3. The molecule has 2 aromatic rings. The van der Waals surface area contributed by atoms with E-state index in [0.717, 1.165) is 31.4 Å². The minimum atomic E-state index is -0.425. The first-order valence-corrected chi connectivity index (χ1v) is 10.3. The lowest BCUT2D eigenvalue weighted by atomic mass is 9.92. The molecule has 0 aromatic heterocycles. The highest BCUT2D eigenvalue weighted by atomic mass is 16.5. The van der Waals surface area contributed by atoms with Gasteiger partial charge in [0.1, 0.15) is 5.75 Å². The second kappa shape index (κ2) is 9.59. The average Bonchev–Trinajstić information content (AvgIpc) is 2.69. The van der Waals surface area contributed by atoms with Crippen LogP contribution in [0.2, 0.25) is 0 Å². The van der Waals surface area contributed by atoms with Gasteiger partial charge in [-0.3, -0.25) is 4.79 Å². The Morgan fingerprint density at radius 2 is 1.93 bits per heavy atom. The molecule has 27 heavy (non-hydrogen) atoms. The van der Waals surface area contributed by atoms with Crippen molar-refractivity contribution in [3.05, 3.63) is 64.7 Å². The van der Waals surface area contributed by atoms with Crippen LogP contribution < -0.4 is 10.1 Å². The largest absolute Gasteiger partial charge is 0.481 e. The number of rotatable bonds is 8. The maximum Gasteiger partial charge on any atom is 0.261 e. The fraction of sp³-hybridized carbons (Fsp3) is 0.458. The summed E-state index contributed by atoms with van der Waals surface area (Å²) in [7, 11) is 0. The molecule has 0 aliphatic heterocycles. The van der Waals surface area contributed by atoms with Gasteiger partial charge in [0.05, 0.1) is 0 Å². The van der Waals surface area contributed by atoms with E-state index in [0.29, 0.717) is 13.0 Å². The van der Waals surface area contributed by atoms with Gasteiger partial charge < -0.3 is 10.1 Å². The molecule has 0 radical (unpaired) electrons. The van der Waals surface area contributed by atoms with Crippen LogP contribution >= 0.6 is 0 Å². The molecule has 1 atom stereocenters. The number of ether oxygens (including phenoxy) is 1. The quantitative estimate of drug-likeness (QED) is 0.684. The number of fused-ring (bicyclic) bond motifs is 1. The number of benzene rings is 2. The van der Waals surface area contributed by atoms with Gasteiger partial charge in [-0.15, -0.1) is 0 Å². The third-order valence-corrected chi connectivity index (χ3v) is 5.29. The van der Waals surface area contributed by atoms with Gasteiger partial charge in [0.25, 0.3) is 5.91 Å². The number of amides is 1. The highest BCUT2D eigenvalue weighted by Gasteiger charge is 2.19. The number of carbonyl (C=O) groups excluding carboxylic acids is 1. The van der Waals surface area contributed by atoms with E-state index in [1.165, 1.54) is 35.1 Å². The van der Waals surface area contributed by atoms with Gasteiger partial charge in [0.15, 0.2) is 6.10 Å². The van der Waals surface area contributed by atoms with E-state index < -0.39 is 6.10 Å². The predicted molar refractivity (Wildman–Crippen MR) is 110 cm³/mol. The lowest BCUT2D eigenvalue weighted by molar-refractivity contribution is -0.128. The van der Waals surface area contributed by atoms with E-state index in [1.54, 1.807) is 0 Å². The Morgan fingerprint density at radius 3 is 2.70 bits per heavy atom. The second-order valence-electron chi connectivity index (χ2n) is 7.54. The summed E-state index contributed by atoms with van der Waals surface area (Å²) in [6, 6.07) is 14.8. The van der Waals surface area contributed by atoms with Crippen LogP contribution in [0, 0.1) is 6.92 Å². The van der Waals surface area contributed by atoms with Crippen LogP contribution in [-0.4, -0.2) is 18.6 Å². The first-order chi connectivity index (χ1) is 13.2. The number of hydrogen-bond acceptors (Lipinski definition) is 2. The van der Waals surface area contributed by atoms with E-state index in [-0.39, 0.29) is 5.91 Å². The minimum Gasteiger partial charge on any atom is -0.481 e. The van der Waals surface area contributed by atoms with Crippen molar-refractivity contribution in [1.29, 1.82) is 0 Å². The van der Waals surface area contributed by atoms with E-state index in [1.807, 2.05) is 13.0 Å². The molecular formula is C24H31NO2. The Bertz CT molecular complexity index is 769. The summed E-state index contributed by atoms with van der Waals surface area (Å²) >= 11 is 0. The highest BCUT2D eigenvalue weighted by molar-refractivity contribution is 5.81. The van der Waals surface area contributed by atoms with Crippen LogP contribution in [0.15, 0.2) is 42.5 Å². The van der Waals surface area contributed by atoms with Crippen molar-refractivity contribution in [3.63, 3.8) is 0 Å². The molecule has 3 rings (SSSR count). The lowest BCUT2D eigenvalue weighted by Crippen LogP contribution is -2.38. The molecule has 0 fully saturated rings. The molecule has 0 saturated carbocycles. The molecule has 0 heterocycles. The van der Waals surface area contributed by atoms with Crippen LogP contribution in [0.1, 0.15) is 54.9 Å². The Morgan fingerprint density at radius 1 is 1.11 bits per heavy atom. The molecule has 1 aliphatic carbocycles. The van der Waals surface area contributed by atoms with E-state index in [9.17, 15) is 4.79 Å². The van der Waals surface area contributed by atoms with Crippen LogP contribution in [0.3, 0.4) is 0 Å². The van der Waals surface area contributed by atoms with Gasteiger partial charge in [-0.1, -0.05) is 42.8 Å². The standard InChI is InChI=1S/C24H31NO2/c1-3-23(27-22-14-13-20-11-4-5-12-21(20)17-22)24(26)25-15-7-10-19-9-6-8-18(2)16-19/h6,8-9,13-14,16-17,23H,3-5,7,10-12,15H2,1-2H3,(H,25,26)/t23-/m0/s1. The van der Waals surface area contributed by atoms with Crippen LogP contribution in [0.25, 0.3) is 0 Å². The summed E-state index contributed by atoms with van der Waals surface area (Å²) in [5, 5.41) is 3.04. The van der Waals surface area contributed by atoms with Crippen molar-refractivity contribution in [2.24, 2.45) is 0 Å².